The first-order chi connectivity index (χ1) is 11.1. The number of amides is 1. The van der Waals surface area contributed by atoms with E-state index in [0.717, 1.165) is 12.0 Å². The SMILES string of the molecule is Cc1ccnc(NC(=O)c2cnc(O[C@@H]3CCOC3)c(Cl)c2)c1. The van der Waals surface area contributed by atoms with Gasteiger partial charge < -0.3 is 14.8 Å². The zero-order chi connectivity index (χ0) is 16.2. The van der Waals surface area contributed by atoms with Crippen molar-refractivity contribution in [1.82, 2.24) is 9.97 Å². The van der Waals surface area contributed by atoms with Crippen molar-refractivity contribution < 1.29 is 14.3 Å². The smallest absolute Gasteiger partial charge is 0.258 e. The number of pyridine rings is 2. The summed E-state index contributed by atoms with van der Waals surface area (Å²) >= 11 is 6.16. The maximum Gasteiger partial charge on any atom is 0.258 e. The summed E-state index contributed by atoms with van der Waals surface area (Å²) in [6, 6.07) is 5.17. The number of aryl methyl sites for hydroxylation is 1. The second kappa shape index (κ2) is 6.93. The van der Waals surface area contributed by atoms with Gasteiger partial charge in [-0.15, -0.1) is 0 Å². The van der Waals surface area contributed by atoms with E-state index >= 15 is 0 Å². The number of carbonyl (C=O) groups excluding carboxylic acids is 1. The molecular weight excluding hydrogens is 318 g/mol. The van der Waals surface area contributed by atoms with Crippen molar-refractivity contribution in [2.45, 2.75) is 19.4 Å². The summed E-state index contributed by atoms with van der Waals surface area (Å²) in [6.07, 6.45) is 3.83. The molecule has 1 aliphatic rings. The molecule has 0 bridgehead atoms. The minimum atomic E-state index is -0.326. The van der Waals surface area contributed by atoms with E-state index in [-0.39, 0.29) is 12.0 Å². The molecule has 1 atom stereocenters. The monoisotopic (exact) mass is 333 g/mol. The third-order valence-corrected chi connectivity index (χ3v) is 3.66. The van der Waals surface area contributed by atoms with E-state index in [1.54, 1.807) is 12.3 Å². The fraction of sp³-hybridized carbons (Fsp3) is 0.312. The minimum Gasteiger partial charge on any atom is -0.471 e. The number of rotatable bonds is 4. The molecule has 1 N–H and O–H groups in total. The maximum absolute atomic E-state index is 12.2. The Hall–Kier alpha value is -2.18. The van der Waals surface area contributed by atoms with Crippen molar-refractivity contribution in [2.24, 2.45) is 0 Å². The average molecular weight is 334 g/mol. The van der Waals surface area contributed by atoms with Gasteiger partial charge in [0.15, 0.2) is 0 Å². The molecule has 0 saturated carbocycles. The standard InChI is InChI=1S/C16H16ClN3O3/c1-10-2-4-18-14(6-10)20-15(21)11-7-13(17)16(19-8-11)23-12-3-5-22-9-12/h2,4,6-8,12H,3,5,9H2,1H3,(H,18,20,21)/t12-/m1/s1. The Morgan fingerprint density at radius 2 is 2.30 bits per heavy atom. The highest BCUT2D eigenvalue weighted by atomic mass is 35.5. The molecule has 0 unspecified atom stereocenters. The van der Waals surface area contributed by atoms with Gasteiger partial charge in [0.2, 0.25) is 5.88 Å². The van der Waals surface area contributed by atoms with Gasteiger partial charge in [0, 0.05) is 18.8 Å². The largest absolute Gasteiger partial charge is 0.471 e. The Morgan fingerprint density at radius 3 is 3.00 bits per heavy atom. The molecule has 7 heteroatoms. The van der Waals surface area contributed by atoms with Crippen LogP contribution in [-0.2, 0) is 4.74 Å². The van der Waals surface area contributed by atoms with E-state index in [1.807, 2.05) is 13.0 Å². The van der Waals surface area contributed by atoms with Crippen LogP contribution in [0.4, 0.5) is 5.82 Å². The van der Waals surface area contributed by atoms with E-state index in [4.69, 9.17) is 21.1 Å². The van der Waals surface area contributed by atoms with Gasteiger partial charge in [0.1, 0.15) is 16.9 Å². The van der Waals surface area contributed by atoms with Crippen molar-refractivity contribution in [3.05, 3.63) is 46.7 Å². The van der Waals surface area contributed by atoms with Crippen LogP contribution >= 0.6 is 11.6 Å². The number of nitrogens with zero attached hydrogens (tertiary/aromatic N) is 2. The number of hydrogen-bond donors (Lipinski definition) is 1. The zero-order valence-corrected chi connectivity index (χ0v) is 13.3. The van der Waals surface area contributed by atoms with Crippen LogP contribution < -0.4 is 10.1 Å². The molecule has 0 aliphatic carbocycles. The second-order valence-electron chi connectivity index (χ2n) is 5.29. The van der Waals surface area contributed by atoms with Crippen LogP contribution in [0.25, 0.3) is 0 Å². The number of carbonyl (C=O) groups is 1. The van der Waals surface area contributed by atoms with Crippen molar-refractivity contribution >= 4 is 23.3 Å². The number of nitrogens with one attached hydrogen (secondary N) is 1. The third kappa shape index (κ3) is 3.97. The molecule has 0 spiro atoms. The summed E-state index contributed by atoms with van der Waals surface area (Å²) in [4.78, 5) is 20.4. The predicted octanol–water partition coefficient (Wildman–Crippen LogP) is 2.86. The molecule has 6 nitrogen and oxygen atoms in total. The van der Waals surface area contributed by atoms with E-state index < -0.39 is 0 Å². The summed E-state index contributed by atoms with van der Waals surface area (Å²) in [6.45, 7) is 3.13. The van der Waals surface area contributed by atoms with E-state index in [0.29, 0.717) is 35.5 Å². The summed E-state index contributed by atoms with van der Waals surface area (Å²) in [7, 11) is 0. The fourth-order valence-corrected chi connectivity index (χ4v) is 2.40. The van der Waals surface area contributed by atoms with Crippen LogP contribution in [0.15, 0.2) is 30.6 Å². The number of halogens is 1. The molecule has 2 aromatic heterocycles. The molecule has 1 saturated heterocycles. The van der Waals surface area contributed by atoms with Crippen LogP contribution in [0, 0.1) is 6.92 Å². The van der Waals surface area contributed by atoms with Crippen LogP contribution in [0.1, 0.15) is 22.3 Å². The quantitative estimate of drug-likeness (QED) is 0.931. The van der Waals surface area contributed by atoms with E-state index in [9.17, 15) is 4.79 Å². The molecule has 0 radical (unpaired) electrons. The number of ether oxygens (including phenoxy) is 2. The third-order valence-electron chi connectivity index (χ3n) is 3.39. The lowest BCUT2D eigenvalue weighted by molar-refractivity contribution is 0.102. The van der Waals surface area contributed by atoms with Crippen LogP contribution in [-0.4, -0.2) is 35.2 Å². The Balaban J connectivity index is 1.70. The van der Waals surface area contributed by atoms with Crippen molar-refractivity contribution in [3.8, 4) is 5.88 Å². The molecule has 3 heterocycles. The lowest BCUT2D eigenvalue weighted by atomic mass is 10.2. The van der Waals surface area contributed by atoms with Crippen molar-refractivity contribution in [1.29, 1.82) is 0 Å². The number of hydrogen-bond acceptors (Lipinski definition) is 5. The molecule has 2 aromatic rings. The van der Waals surface area contributed by atoms with Crippen LogP contribution in [0.5, 0.6) is 5.88 Å². The highest BCUT2D eigenvalue weighted by Crippen LogP contribution is 2.25. The first-order valence-corrected chi connectivity index (χ1v) is 7.63. The van der Waals surface area contributed by atoms with Gasteiger partial charge >= 0.3 is 0 Å². The first-order valence-electron chi connectivity index (χ1n) is 7.26. The van der Waals surface area contributed by atoms with E-state index in [2.05, 4.69) is 15.3 Å². The molecule has 1 amide bonds. The summed E-state index contributed by atoms with van der Waals surface area (Å²) < 4.78 is 10.9. The molecule has 3 rings (SSSR count). The maximum atomic E-state index is 12.2. The molecule has 120 valence electrons. The minimum absolute atomic E-state index is 0.0452. The topological polar surface area (TPSA) is 73.3 Å². The summed E-state index contributed by atoms with van der Waals surface area (Å²) in [5.74, 6) is 0.468. The number of anilines is 1. The van der Waals surface area contributed by atoms with Crippen molar-refractivity contribution in [3.63, 3.8) is 0 Å². The normalized spacial score (nSPS) is 17.0. The van der Waals surface area contributed by atoms with E-state index in [1.165, 1.54) is 12.3 Å². The van der Waals surface area contributed by atoms with Gasteiger partial charge in [-0.3, -0.25) is 4.79 Å². The predicted molar refractivity (Wildman–Crippen MR) is 86.0 cm³/mol. The molecule has 1 fully saturated rings. The average Bonchev–Trinajstić information content (AvgIpc) is 3.02. The lowest BCUT2D eigenvalue weighted by Gasteiger charge is -2.12. The van der Waals surface area contributed by atoms with Gasteiger partial charge in [-0.1, -0.05) is 11.6 Å². The van der Waals surface area contributed by atoms with Gasteiger partial charge in [-0.25, -0.2) is 9.97 Å². The zero-order valence-electron chi connectivity index (χ0n) is 12.6. The summed E-state index contributed by atoms with van der Waals surface area (Å²) in [5, 5.41) is 3.00. The van der Waals surface area contributed by atoms with Gasteiger partial charge in [0.05, 0.1) is 18.8 Å². The molecule has 1 aliphatic heterocycles. The highest BCUT2D eigenvalue weighted by molar-refractivity contribution is 6.32. The number of aromatic nitrogens is 2. The Kier molecular flexibility index (Phi) is 4.73. The van der Waals surface area contributed by atoms with Crippen LogP contribution in [0.2, 0.25) is 5.02 Å². The lowest BCUT2D eigenvalue weighted by Crippen LogP contribution is -2.17. The van der Waals surface area contributed by atoms with Gasteiger partial charge in [-0.05, 0) is 30.7 Å². The summed E-state index contributed by atoms with van der Waals surface area (Å²) in [5.41, 5.74) is 1.35. The first kappa shape index (κ1) is 15.7. The Labute approximate surface area is 138 Å². The second-order valence-corrected chi connectivity index (χ2v) is 5.69. The van der Waals surface area contributed by atoms with Gasteiger partial charge in [-0.2, -0.15) is 0 Å². The molecule has 23 heavy (non-hydrogen) atoms. The molecule has 0 aromatic carbocycles. The highest BCUT2D eigenvalue weighted by Gasteiger charge is 2.20. The molecular formula is C16H16ClN3O3. The van der Waals surface area contributed by atoms with Gasteiger partial charge in [0.25, 0.3) is 5.91 Å². The van der Waals surface area contributed by atoms with Crippen molar-refractivity contribution in [2.75, 3.05) is 18.5 Å². The fourth-order valence-electron chi connectivity index (χ4n) is 2.19. The Bertz CT molecular complexity index is 717. The Morgan fingerprint density at radius 1 is 1.43 bits per heavy atom. The van der Waals surface area contributed by atoms with Crippen LogP contribution in [0.3, 0.4) is 0 Å².